The van der Waals surface area contributed by atoms with Crippen molar-refractivity contribution in [3.63, 3.8) is 0 Å². The molecule has 56 valence electrons. The minimum atomic E-state index is -0.250. The van der Waals surface area contributed by atoms with Crippen molar-refractivity contribution in [3.8, 4) is 0 Å². The predicted octanol–water partition coefficient (Wildman–Crippen LogP) is 1.03. The lowest BCUT2D eigenvalue weighted by Gasteiger charge is -2.11. The summed E-state index contributed by atoms with van der Waals surface area (Å²) in [5, 5.41) is 0. The Morgan fingerprint density at radius 2 is 2.45 bits per heavy atom. The van der Waals surface area contributed by atoms with Gasteiger partial charge in [-0.3, -0.25) is 4.79 Å². The first-order valence-electron chi connectivity index (χ1n) is 3.41. The molecule has 1 amide bonds. The normalized spacial score (nSPS) is 27.4. The molecule has 2 aliphatic heterocycles. The molecule has 0 aromatic carbocycles. The van der Waals surface area contributed by atoms with E-state index in [4.69, 9.17) is 4.74 Å². The van der Waals surface area contributed by atoms with Crippen molar-refractivity contribution in [2.45, 2.75) is 6.92 Å². The second-order valence-electron chi connectivity index (χ2n) is 2.57. The third-order valence-electron chi connectivity index (χ3n) is 1.79. The zero-order chi connectivity index (χ0) is 7.84. The number of carbonyl (C=O) groups is 1. The van der Waals surface area contributed by atoms with E-state index in [1.165, 1.54) is 6.26 Å². The van der Waals surface area contributed by atoms with Gasteiger partial charge in [-0.1, -0.05) is 0 Å². The summed E-state index contributed by atoms with van der Waals surface area (Å²) in [6.45, 7) is 1.88. The first kappa shape index (κ1) is 6.34. The van der Waals surface area contributed by atoms with Crippen LogP contribution in [0.2, 0.25) is 0 Å². The largest absolute Gasteiger partial charge is 0.468 e. The van der Waals surface area contributed by atoms with Gasteiger partial charge in [0.2, 0.25) is 0 Å². The van der Waals surface area contributed by atoms with Crippen molar-refractivity contribution in [1.82, 2.24) is 0 Å². The van der Waals surface area contributed by atoms with Crippen molar-refractivity contribution >= 4 is 12.1 Å². The molecule has 0 spiro atoms. The SMILES string of the molecule is CC1=C2OC=CC2C(=O)N=C1. The predicted molar refractivity (Wildman–Crippen MR) is 39.9 cm³/mol. The highest BCUT2D eigenvalue weighted by Crippen LogP contribution is 2.27. The lowest BCUT2D eigenvalue weighted by Crippen LogP contribution is -2.16. The number of ether oxygens (including phenoxy) is 1. The molecule has 1 unspecified atom stereocenters. The fraction of sp³-hybridized carbons (Fsp3) is 0.250. The van der Waals surface area contributed by atoms with E-state index in [2.05, 4.69) is 4.99 Å². The van der Waals surface area contributed by atoms with Gasteiger partial charge >= 0.3 is 0 Å². The number of carbonyl (C=O) groups excluding carboxylic acids is 1. The van der Waals surface area contributed by atoms with Crippen LogP contribution in [-0.2, 0) is 9.53 Å². The van der Waals surface area contributed by atoms with Crippen LogP contribution in [0.25, 0.3) is 0 Å². The molecular formula is C8H7NO2. The van der Waals surface area contributed by atoms with Crippen molar-refractivity contribution < 1.29 is 9.53 Å². The fourth-order valence-electron chi connectivity index (χ4n) is 1.19. The Morgan fingerprint density at radius 3 is 3.18 bits per heavy atom. The quantitative estimate of drug-likeness (QED) is 0.516. The number of nitrogens with zero attached hydrogens (tertiary/aromatic N) is 1. The van der Waals surface area contributed by atoms with E-state index >= 15 is 0 Å². The molecule has 0 bridgehead atoms. The van der Waals surface area contributed by atoms with Gasteiger partial charge in [0.25, 0.3) is 5.91 Å². The number of fused-ring (bicyclic) bond motifs is 1. The van der Waals surface area contributed by atoms with Gasteiger partial charge in [0.15, 0.2) is 0 Å². The van der Waals surface area contributed by atoms with Gasteiger partial charge in [-0.05, 0) is 13.0 Å². The summed E-state index contributed by atoms with van der Waals surface area (Å²) in [6.07, 6.45) is 4.80. The number of aliphatic imine (C=N–C) groups is 1. The topological polar surface area (TPSA) is 38.7 Å². The standard InChI is InChI=1S/C8H7NO2/c1-5-4-9-8(10)6-2-3-11-7(5)6/h2-4,6H,1H3. The summed E-state index contributed by atoms with van der Waals surface area (Å²) >= 11 is 0. The van der Waals surface area contributed by atoms with E-state index in [1.54, 1.807) is 12.3 Å². The van der Waals surface area contributed by atoms with Crippen LogP contribution in [0, 0.1) is 5.92 Å². The molecule has 0 aromatic heterocycles. The average molecular weight is 149 g/mol. The van der Waals surface area contributed by atoms with Crippen molar-refractivity contribution in [2.75, 3.05) is 0 Å². The maximum absolute atomic E-state index is 11.1. The van der Waals surface area contributed by atoms with Crippen LogP contribution in [0.4, 0.5) is 0 Å². The van der Waals surface area contributed by atoms with Crippen molar-refractivity contribution in [3.05, 3.63) is 23.7 Å². The van der Waals surface area contributed by atoms with Crippen LogP contribution in [0.15, 0.2) is 28.7 Å². The van der Waals surface area contributed by atoms with Crippen molar-refractivity contribution in [2.24, 2.45) is 10.9 Å². The van der Waals surface area contributed by atoms with Gasteiger partial charge in [0, 0.05) is 11.8 Å². The molecule has 0 aliphatic carbocycles. The van der Waals surface area contributed by atoms with Crippen LogP contribution < -0.4 is 0 Å². The van der Waals surface area contributed by atoms with Crippen LogP contribution in [-0.4, -0.2) is 12.1 Å². The molecule has 0 aromatic rings. The van der Waals surface area contributed by atoms with E-state index in [0.29, 0.717) is 0 Å². The van der Waals surface area contributed by atoms with Crippen LogP contribution >= 0.6 is 0 Å². The molecule has 0 N–H and O–H groups in total. The van der Waals surface area contributed by atoms with Crippen LogP contribution in [0.1, 0.15) is 6.92 Å². The first-order chi connectivity index (χ1) is 5.29. The maximum Gasteiger partial charge on any atom is 0.260 e. The lowest BCUT2D eigenvalue weighted by molar-refractivity contribution is -0.119. The van der Waals surface area contributed by atoms with Crippen molar-refractivity contribution in [1.29, 1.82) is 0 Å². The van der Waals surface area contributed by atoms with Gasteiger partial charge in [-0.2, -0.15) is 0 Å². The average Bonchev–Trinajstić information content (AvgIpc) is 2.45. The van der Waals surface area contributed by atoms with Gasteiger partial charge in [-0.15, -0.1) is 0 Å². The summed E-state index contributed by atoms with van der Waals surface area (Å²) in [5.74, 6) is 0.337. The summed E-state index contributed by atoms with van der Waals surface area (Å²) in [6, 6.07) is 0. The highest BCUT2D eigenvalue weighted by molar-refractivity contribution is 5.99. The van der Waals surface area contributed by atoms with E-state index in [-0.39, 0.29) is 11.8 Å². The second-order valence-corrected chi connectivity index (χ2v) is 2.57. The molecule has 2 aliphatic rings. The van der Waals surface area contributed by atoms with Crippen LogP contribution in [0.5, 0.6) is 0 Å². The molecule has 11 heavy (non-hydrogen) atoms. The minimum Gasteiger partial charge on any atom is -0.468 e. The third-order valence-corrected chi connectivity index (χ3v) is 1.79. The molecule has 2 rings (SSSR count). The zero-order valence-electron chi connectivity index (χ0n) is 6.07. The Morgan fingerprint density at radius 1 is 1.64 bits per heavy atom. The number of rotatable bonds is 0. The smallest absolute Gasteiger partial charge is 0.260 e. The van der Waals surface area contributed by atoms with E-state index < -0.39 is 0 Å². The molecule has 3 nitrogen and oxygen atoms in total. The first-order valence-corrected chi connectivity index (χ1v) is 3.41. The Bertz CT molecular complexity index is 299. The molecule has 1 atom stereocenters. The van der Waals surface area contributed by atoms with Gasteiger partial charge in [0.1, 0.15) is 11.7 Å². The van der Waals surface area contributed by atoms with E-state index in [0.717, 1.165) is 11.3 Å². The molecule has 2 heterocycles. The molecular weight excluding hydrogens is 142 g/mol. The fourth-order valence-corrected chi connectivity index (χ4v) is 1.19. The Balaban J connectivity index is 2.46. The second kappa shape index (κ2) is 2.05. The maximum atomic E-state index is 11.1. The minimum absolute atomic E-state index is 0.139. The highest BCUT2D eigenvalue weighted by atomic mass is 16.5. The Hall–Kier alpha value is -1.38. The molecule has 0 saturated carbocycles. The van der Waals surface area contributed by atoms with E-state index in [9.17, 15) is 4.79 Å². The molecule has 0 fully saturated rings. The monoisotopic (exact) mass is 149 g/mol. The molecule has 0 radical (unpaired) electrons. The summed E-state index contributed by atoms with van der Waals surface area (Å²) < 4.78 is 5.13. The summed E-state index contributed by atoms with van der Waals surface area (Å²) in [7, 11) is 0. The number of dihydropyridines is 1. The Kier molecular flexibility index (Phi) is 1.18. The number of allylic oxidation sites excluding steroid dienone is 1. The number of amides is 1. The highest BCUT2D eigenvalue weighted by Gasteiger charge is 2.29. The van der Waals surface area contributed by atoms with E-state index in [1.807, 2.05) is 6.92 Å². The number of hydrogen-bond acceptors (Lipinski definition) is 2. The summed E-state index contributed by atoms with van der Waals surface area (Å²) in [5.41, 5.74) is 0.930. The zero-order valence-corrected chi connectivity index (χ0v) is 6.07. The summed E-state index contributed by atoms with van der Waals surface area (Å²) in [4.78, 5) is 14.8. The number of hydrogen-bond donors (Lipinski definition) is 0. The lowest BCUT2D eigenvalue weighted by atomic mass is 10.0. The van der Waals surface area contributed by atoms with Gasteiger partial charge < -0.3 is 4.74 Å². The molecule has 3 heteroatoms. The van der Waals surface area contributed by atoms with Crippen LogP contribution in [0.3, 0.4) is 0 Å². The third kappa shape index (κ3) is 0.808. The van der Waals surface area contributed by atoms with Gasteiger partial charge in [0.05, 0.1) is 6.26 Å². The molecule has 0 saturated heterocycles. The van der Waals surface area contributed by atoms with Gasteiger partial charge in [-0.25, -0.2) is 4.99 Å². The Labute approximate surface area is 64.1 Å².